The molecule has 29 heavy (non-hydrogen) atoms. The minimum atomic E-state index is -0.575. The molecule has 3 rings (SSSR count). The molecule has 8 heteroatoms. The third-order valence-corrected chi connectivity index (χ3v) is 5.20. The van der Waals surface area contributed by atoms with Crippen LogP contribution in [0, 0.1) is 16.0 Å². The number of hydrogen-bond acceptors (Lipinski definition) is 4. The number of anilines is 2. The van der Waals surface area contributed by atoms with Gasteiger partial charge in [-0.2, -0.15) is 0 Å². The molecule has 0 spiro atoms. The van der Waals surface area contributed by atoms with Crippen molar-refractivity contribution in [2.24, 2.45) is 5.92 Å². The molecule has 1 aliphatic rings. The number of benzene rings is 2. The van der Waals surface area contributed by atoms with Crippen molar-refractivity contribution < 1.29 is 14.5 Å². The first-order chi connectivity index (χ1) is 13.8. The SMILES string of the molecule is CC(C)CCN1C(=O)CCc2cc(NC(=O)c3cc([N+](=O)[O-])ccc3Cl)ccc21. The van der Waals surface area contributed by atoms with Crippen molar-refractivity contribution in [3.8, 4) is 0 Å². The number of non-ortho nitro benzene ring substituents is 1. The average molecular weight is 416 g/mol. The van der Waals surface area contributed by atoms with Crippen LogP contribution in [0.3, 0.4) is 0 Å². The molecule has 2 amide bonds. The standard InChI is InChI=1S/C21H22ClN3O4/c1-13(2)9-10-24-19-7-4-15(11-14(19)3-8-20(24)26)23-21(27)17-12-16(25(28)29)5-6-18(17)22/h4-7,11-13H,3,8-10H2,1-2H3,(H,23,27). The first-order valence-corrected chi connectivity index (χ1v) is 9.82. The number of nitro groups is 1. The average Bonchev–Trinajstić information content (AvgIpc) is 2.67. The largest absolute Gasteiger partial charge is 0.322 e. The molecule has 0 unspecified atom stereocenters. The summed E-state index contributed by atoms with van der Waals surface area (Å²) in [5.74, 6) is 0.0759. The van der Waals surface area contributed by atoms with Crippen molar-refractivity contribution in [2.75, 3.05) is 16.8 Å². The fraction of sp³-hybridized carbons (Fsp3) is 0.333. The summed E-state index contributed by atoms with van der Waals surface area (Å²) in [7, 11) is 0. The van der Waals surface area contributed by atoms with Crippen LogP contribution in [0.2, 0.25) is 5.02 Å². The van der Waals surface area contributed by atoms with E-state index in [1.807, 2.05) is 17.0 Å². The smallest absolute Gasteiger partial charge is 0.270 e. The Labute approximate surface area is 173 Å². The highest BCUT2D eigenvalue weighted by molar-refractivity contribution is 6.34. The lowest BCUT2D eigenvalue weighted by atomic mass is 9.99. The fourth-order valence-corrected chi connectivity index (χ4v) is 3.47. The minimum absolute atomic E-state index is 0.0346. The second kappa shape index (κ2) is 8.61. The van der Waals surface area contributed by atoms with Gasteiger partial charge in [-0.1, -0.05) is 25.4 Å². The second-order valence-electron chi connectivity index (χ2n) is 7.45. The van der Waals surface area contributed by atoms with Crippen LogP contribution in [0.1, 0.15) is 42.6 Å². The van der Waals surface area contributed by atoms with Crippen molar-refractivity contribution in [1.82, 2.24) is 0 Å². The first kappa shape index (κ1) is 20.8. The Hall–Kier alpha value is -2.93. The number of amides is 2. The van der Waals surface area contributed by atoms with E-state index in [2.05, 4.69) is 19.2 Å². The van der Waals surface area contributed by atoms with Gasteiger partial charge >= 0.3 is 0 Å². The number of halogens is 1. The fourth-order valence-electron chi connectivity index (χ4n) is 3.27. The molecule has 0 atom stereocenters. The summed E-state index contributed by atoms with van der Waals surface area (Å²) in [6.45, 7) is 4.90. The zero-order valence-corrected chi connectivity index (χ0v) is 17.0. The minimum Gasteiger partial charge on any atom is -0.322 e. The lowest BCUT2D eigenvalue weighted by Gasteiger charge is -2.30. The molecule has 2 aromatic carbocycles. The Morgan fingerprint density at radius 1 is 1.24 bits per heavy atom. The van der Waals surface area contributed by atoms with Gasteiger partial charge in [0.05, 0.1) is 15.5 Å². The molecule has 0 saturated heterocycles. The van der Waals surface area contributed by atoms with Crippen LogP contribution in [-0.2, 0) is 11.2 Å². The molecule has 7 nitrogen and oxygen atoms in total. The summed E-state index contributed by atoms with van der Waals surface area (Å²) in [4.78, 5) is 37.1. The summed E-state index contributed by atoms with van der Waals surface area (Å²) in [5, 5.41) is 13.8. The molecule has 2 aromatic rings. The number of nitrogens with one attached hydrogen (secondary N) is 1. The van der Waals surface area contributed by atoms with E-state index < -0.39 is 10.8 Å². The van der Waals surface area contributed by atoms with E-state index in [0.29, 0.717) is 31.0 Å². The van der Waals surface area contributed by atoms with E-state index in [1.165, 1.54) is 12.1 Å². The van der Waals surface area contributed by atoms with E-state index in [-0.39, 0.29) is 22.2 Å². The highest BCUT2D eigenvalue weighted by Crippen LogP contribution is 2.31. The molecule has 1 N–H and O–H groups in total. The van der Waals surface area contributed by atoms with Crippen LogP contribution in [0.15, 0.2) is 36.4 Å². The molecule has 1 heterocycles. The number of fused-ring (bicyclic) bond motifs is 1. The van der Waals surface area contributed by atoms with Gasteiger partial charge in [-0.25, -0.2) is 0 Å². The van der Waals surface area contributed by atoms with Gasteiger partial charge in [0, 0.05) is 36.5 Å². The van der Waals surface area contributed by atoms with Crippen LogP contribution >= 0.6 is 11.6 Å². The number of carbonyl (C=O) groups excluding carboxylic acids is 2. The van der Waals surface area contributed by atoms with Gasteiger partial charge in [-0.3, -0.25) is 19.7 Å². The predicted molar refractivity (Wildman–Crippen MR) is 113 cm³/mol. The monoisotopic (exact) mass is 415 g/mol. The maximum Gasteiger partial charge on any atom is 0.270 e. The molecule has 0 aliphatic carbocycles. The number of rotatable bonds is 6. The summed E-state index contributed by atoms with van der Waals surface area (Å²) >= 11 is 6.05. The van der Waals surface area contributed by atoms with Gasteiger partial charge in [0.25, 0.3) is 11.6 Å². The Kier molecular flexibility index (Phi) is 6.17. The Morgan fingerprint density at radius 3 is 2.69 bits per heavy atom. The number of hydrogen-bond donors (Lipinski definition) is 1. The Balaban J connectivity index is 1.82. The van der Waals surface area contributed by atoms with E-state index in [9.17, 15) is 19.7 Å². The van der Waals surface area contributed by atoms with E-state index in [4.69, 9.17) is 11.6 Å². The molecule has 0 saturated carbocycles. The molecule has 1 aliphatic heterocycles. The van der Waals surface area contributed by atoms with E-state index in [0.717, 1.165) is 23.7 Å². The van der Waals surface area contributed by atoms with Crippen LogP contribution in [0.25, 0.3) is 0 Å². The van der Waals surface area contributed by atoms with Crippen LogP contribution in [-0.4, -0.2) is 23.3 Å². The molecular formula is C21H22ClN3O4. The maximum atomic E-state index is 12.6. The van der Waals surface area contributed by atoms with Crippen molar-refractivity contribution >= 4 is 40.5 Å². The second-order valence-corrected chi connectivity index (χ2v) is 7.85. The quantitative estimate of drug-likeness (QED) is 0.540. The highest BCUT2D eigenvalue weighted by atomic mass is 35.5. The molecule has 152 valence electrons. The topological polar surface area (TPSA) is 92.6 Å². The van der Waals surface area contributed by atoms with Crippen LogP contribution < -0.4 is 10.2 Å². The molecule has 0 bridgehead atoms. The molecule has 0 aromatic heterocycles. The lowest BCUT2D eigenvalue weighted by molar-refractivity contribution is -0.384. The Morgan fingerprint density at radius 2 is 2.00 bits per heavy atom. The lowest BCUT2D eigenvalue weighted by Crippen LogP contribution is -2.36. The highest BCUT2D eigenvalue weighted by Gasteiger charge is 2.24. The van der Waals surface area contributed by atoms with Crippen molar-refractivity contribution in [3.05, 3.63) is 62.7 Å². The molecule has 0 fully saturated rings. The number of nitrogens with zero attached hydrogens (tertiary/aromatic N) is 2. The van der Waals surface area contributed by atoms with Crippen molar-refractivity contribution in [3.63, 3.8) is 0 Å². The predicted octanol–water partition coefficient (Wildman–Crippen LogP) is 4.83. The van der Waals surface area contributed by atoms with Gasteiger partial charge in [0.15, 0.2) is 0 Å². The van der Waals surface area contributed by atoms with Crippen molar-refractivity contribution in [2.45, 2.75) is 33.1 Å². The van der Waals surface area contributed by atoms with Crippen LogP contribution in [0.5, 0.6) is 0 Å². The van der Waals surface area contributed by atoms with Gasteiger partial charge in [-0.05, 0) is 48.6 Å². The van der Waals surface area contributed by atoms with Crippen LogP contribution in [0.4, 0.5) is 17.1 Å². The van der Waals surface area contributed by atoms with Gasteiger partial charge in [0.1, 0.15) is 0 Å². The summed E-state index contributed by atoms with van der Waals surface area (Å²) in [5.41, 5.74) is 2.23. The summed E-state index contributed by atoms with van der Waals surface area (Å²) < 4.78 is 0. The van der Waals surface area contributed by atoms with Gasteiger partial charge in [0.2, 0.25) is 5.91 Å². The zero-order chi connectivity index (χ0) is 21.1. The van der Waals surface area contributed by atoms with Gasteiger partial charge in [-0.15, -0.1) is 0 Å². The van der Waals surface area contributed by atoms with E-state index in [1.54, 1.807) is 6.07 Å². The molecule has 0 radical (unpaired) electrons. The third kappa shape index (κ3) is 4.74. The van der Waals surface area contributed by atoms with Crippen molar-refractivity contribution in [1.29, 1.82) is 0 Å². The maximum absolute atomic E-state index is 12.6. The summed E-state index contributed by atoms with van der Waals surface area (Å²) in [6.07, 6.45) is 1.95. The normalized spacial score (nSPS) is 13.4. The number of aryl methyl sites for hydroxylation is 1. The summed E-state index contributed by atoms with van der Waals surface area (Å²) in [6, 6.07) is 9.14. The molecular weight excluding hydrogens is 394 g/mol. The Bertz CT molecular complexity index is 974. The zero-order valence-electron chi connectivity index (χ0n) is 16.3. The third-order valence-electron chi connectivity index (χ3n) is 4.87. The number of nitro benzene ring substituents is 1. The first-order valence-electron chi connectivity index (χ1n) is 9.45. The van der Waals surface area contributed by atoms with Gasteiger partial charge < -0.3 is 10.2 Å². The van der Waals surface area contributed by atoms with E-state index >= 15 is 0 Å². The number of carbonyl (C=O) groups is 2.